The van der Waals surface area contributed by atoms with Gasteiger partial charge >= 0.3 is 6.03 Å². The number of hydrogen-bond acceptors (Lipinski definition) is 2. The van der Waals surface area contributed by atoms with Crippen LogP contribution >= 0.6 is 23.2 Å². The van der Waals surface area contributed by atoms with Crippen LogP contribution in [0.1, 0.15) is 30.1 Å². The number of aromatic nitrogens is 1. The third kappa shape index (κ3) is 2.52. The van der Waals surface area contributed by atoms with E-state index < -0.39 is 5.82 Å². The molecule has 0 aliphatic carbocycles. The van der Waals surface area contributed by atoms with E-state index in [2.05, 4.69) is 16.4 Å². The van der Waals surface area contributed by atoms with Crippen molar-refractivity contribution in [2.45, 2.75) is 31.3 Å². The number of rotatable bonds is 1. The third-order valence-electron chi connectivity index (χ3n) is 4.69. The highest BCUT2D eigenvalue weighted by Gasteiger charge is 2.43. The molecule has 2 atom stereocenters. The Labute approximate surface area is 148 Å². The molecule has 1 aromatic heterocycles. The largest absolute Gasteiger partial charge is 0.322 e. The number of amides is 2. The molecule has 24 heavy (non-hydrogen) atoms. The number of nitrogens with one attached hydrogen (secondary N) is 1. The number of pyridine rings is 1. The lowest BCUT2D eigenvalue weighted by molar-refractivity contribution is 0.177. The van der Waals surface area contributed by atoms with Crippen LogP contribution in [0.4, 0.5) is 14.9 Å². The predicted octanol–water partition coefficient (Wildman–Crippen LogP) is 4.82. The van der Waals surface area contributed by atoms with Gasteiger partial charge in [-0.05, 0) is 43.0 Å². The second-order valence-electron chi connectivity index (χ2n) is 6.08. The van der Waals surface area contributed by atoms with E-state index in [9.17, 15) is 9.18 Å². The number of hydrogen-bond donors (Lipinski definition) is 1. The molecule has 4 nitrogen and oxygen atoms in total. The van der Waals surface area contributed by atoms with Gasteiger partial charge in [-0.25, -0.2) is 9.18 Å². The molecule has 2 aliphatic heterocycles. The topological polar surface area (TPSA) is 45.2 Å². The van der Waals surface area contributed by atoms with Crippen LogP contribution in [0.2, 0.25) is 10.0 Å². The Morgan fingerprint density at radius 1 is 1.29 bits per heavy atom. The van der Waals surface area contributed by atoms with Gasteiger partial charge in [-0.1, -0.05) is 29.3 Å². The Morgan fingerprint density at radius 3 is 2.92 bits per heavy atom. The van der Waals surface area contributed by atoms with Gasteiger partial charge in [-0.3, -0.25) is 4.98 Å². The van der Waals surface area contributed by atoms with E-state index >= 15 is 0 Å². The van der Waals surface area contributed by atoms with Crippen LogP contribution in [0.25, 0.3) is 0 Å². The molecular formula is C17H14Cl2FN3O. The number of carbonyl (C=O) groups is 1. The maximum absolute atomic E-state index is 14.0. The van der Waals surface area contributed by atoms with Crippen LogP contribution in [0.3, 0.4) is 0 Å². The predicted molar refractivity (Wildman–Crippen MR) is 91.0 cm³/mol. The summed E-state index contributed by atoms with van der Waals surface area (Å²) in [5, 5.41) is 2.93. The number of urea groups is 1. The SMILES string of the molecule is O=C(Nc1cc(Cl)c(Cl)cc1F)N1[C@H]2CC[C@@H]1c1ncccc1C2. The number of fused-ring (bicyclic) bond motifs is 4. The molecule has 1 saturated heterocycles. The molecule has 0 unspecified atom stereocenters. The van der Waals surface area contributed by atoms with Gasteiger partial charge in [0.15, 0.2) is 0 Å². The monoisotopic (exact) mass is 365 g/mol. The summed E-state index contributed by atoms with van der Waals surface area (Å²) in [5.41, 5.74) is 2.16. The van der Waals surface area contributed by atoms with Crippen molar-refractivity contribution >= 4 is 34.9 Å². The summed E-state index contributed by atoms with van der Waals surface area (Å²) in [6.07, 6.45) is 4.30. The van der Waals surface area contributed by atoms with E-state index in [4.69, 9.17) is 23.2 Å². The molecule has 0 radical (unpaired) electrons. The number of carbonyl (C=O) groups excluding carboxylic acids is 1. The molecule has 4 rings (SSSR count). The number of anilines is 1. The zero-order chi connectivity index (χ0) is 16.8. The smallest absolute Gasteiger partial charge is 0.313 e. The molecule has 2 amide bonds. The van der Waals surface area contributed by atoms with E-state index in [1.54, 1.807) is 11.1 Å². The van der Waals surface area contributed by atoms with Gasteiger partial charge in [-0.15, -0.1) is 0 Å². The van der Waals surface area contributed by atoms with Crippen LogP contribution in [0.15, 0.2) is 30.5 Å². The highest BCUT2D eigenvalue weighted by atomic mass is 35.5. The van der Waals surface area contributed by atoms with Crippen molar-refractivity contribution in [3.05, 3.63) is 57.6 Å². The summed E-state index contributed by atoms with van der Waals surface area (Å²) in [5.74, 6) is -0.611. The van der Waals surface area contributed by atoms with Gasteiger partial charge in [0.25, 0.3) is 0 Å². The molecule has 1 N–H and O–H groups in total. The highest BCUT2D eigenvalue weighted by molar-refractivity contribution is 6.42. The minimum atomic E-state index is -0.611. The van der Waals surface area contributed by atoms with Crippen molar-refractivity contribution in [2.75, 3.05) is 5.32 Å². The number of benzene rings is 1. The Balaban J connectivity index is 1.61. The zero-order valence-corrected chi connectivity index (χ0v) is 14.1. The van der Waals surface area contributed by atoms with Gasteiger partial charge in [0, 0.05) is 12.2 Å². The zero-order valence-electron chi connectivity index (χ0n) is 12.6. The molecule has 1 fully saturated rings. The fraction of sp³-hybridized carbons (Fsp3) is 0.294. The highest BCUT2D eigenvalue weighted by Crippen LogP contribution is 2.43. The average Bonchev–Trinajstić information content (AvgIpc) is 2.88. The van der Waals surface area contributed by atoms with E-state index in [0.29, 0.717) is 0 Å². The van der Waals surface area contributed by atoms with Crippen molar-refractivity contribution in [3.63, 3.8) is 0 Å². The lowest BCUT2D eigenvalue weighted by Crippen LogP contribution is -2.44. The van der Waals surface area contributed by atoms with Crippen LogP contribution in [-0.4, -0.2) is 22.0 Å². The molecule has 124 valence electrons. The minimum Gasteiger partial charge on any atom is -0.313 e. The second-order valence-corrected chi connectivity index (χ2v) is 6.90. The lowest BCUT2D eigenvalue weighted by Gasteiger charge is -2.35. The first-order valence-electron chi connectivity index (χ1n) is 7.72. The molecular weight excluding hydrogens is 352 g/mol. The van der Waals surface area contributed by atoms with E-state index in [1.165, 1.54) is 11.6 Å². The Bertz CT molecular complexity index is 829. The summed E-state index contributed by atoms with van der Waals surface area (Å²) in [4.78, 5) is 19.0. The van der Waals surface area contributed by atoms with Crippen molar-refractivity contribution in [1.82, 2.24) is 9.88 Å². The summed E-state index contributed by atoms with van der Waals surface area (Å²) < 4.78 is 14.0. The van der Waals surface area contributed by atoms with Crippen molar-refractivity contribution in [1.29, 1.82) is 0 Å². The van der Waals surface area contributed by atoms with Crippen molar-refractivity contribution in [2.24, 2.45) is 0 Å². The molecule has 0 saturated carbocycles. The van der Waals surface area contributed by atoms with Gasteiger partial charge in [0.2, 0.25) is 0 Å². The molecule has 7 heteroatoms. The van der Waals surface area contributed by atoms with Crippen molar-refractivity contribution < 1.29 is 9.18 Å². The van der Waals surface area contributed by atoms with Crippen LogP contribution in [0, 0.1) is 5.82 Å². The summed E-state index contributed by atoms with van der Waals surface area (Å²) >= 11 is 11.7. The number of halogens is 3. The fourth-order valence-corrected chi connectivity index (χ4v) is 3.95. The minimum absolute atomic E-state index is 0.0283. The maximum Gasteiger partial charge on any atom is 0.322 e. The molecule has 1 aromatic carbocycles. The molecule has 2 bridgehead atoms. The average molecular weight is 366 g/mol. The number of nitrogens with zero attached hydrogens (tertiary/aromatic N) is 2. The fourth-order valence-electron chi connectivity index (χ4n) is 3.63. The van der Waals surface area contributed by atoms with Crippen LogP contribution in [0.5, 0.6) is 0 Å². The van der Waals surface area contributed by atoms with Crippen molar-refractivity contribution in [3.8, 4) is 0 Å². The van der Waals surface area contributed by atoms with Gasteiger partial charge in [-0.2, -0.15) is 0 Å². The van der Waals surface area contributed by atoms with Gasteiger partial charge in [0.05, 0.1) is 27.5 Å². The molecule has 0 spiro atoms. The van der Waals surface area contributed by atoms with Gasteiger partial charge in [0.1, 0.15) is 5.82 Å². The Kier molecular flexibility index (Phi) is 3.85. The van der Waals surface area contributed by atoms with E-state index in [1.807, 2.05) is 6.07 Å². The first kappa shape index (κ1) is 15.7. The second kappa shape index (κ2) is 5.90. The molecule has 2 aliphatic rings. The van der Waals surface area contributed by atoms with E-state index in [0.717, 1.165) is 31.0 Å². The maximum atomic E-state index is 14.0. The van der Waals surface area contributed by atoms with E-state index in [-0.39, 0.29) is 33.8 Å². The summed E-state index contributed by atoms with van der Waals surface area (Å²) in [6.45, 7) is 0. The Hall–Kier alpha value is -1.85. The standard InChI is InChI=1S/C17H14Cl2FN3O/c18-11-7-13(20)14(8-12(11)19)22-17(24)23-10-3-4-15(23)16-9(6-10)2-1-5-21-16/h1-2,5,7-8,10,15H,3-4,6H2,(H,22,24)/t10-,15+/m0/s1. The van der Waals surface area contributed by atoms with Gasteiger partial charge < -0.3 is 10.2 Å². The first-order valence-corrected chi connectivity index (χ1v) is 8.48. The van der Waals surface area contributed by atoms with Crippen LogP contribution < -0.4 is 5.32 Å². The normalized spacial score (nSPS) is 21.5. The molecule has 2 aromatic rings. The quantitative estimate of drug-likeness (QED) is 0.736. The molecule has 3 heterocycles. The summed E-state index contributed by atoms with van der Waals surface area (Å²) in [6, 6.07) is 6.11. The van der Waals surface area contributed by atoms with Crippen LogP contribution in [-0.2, 0) is 6.42 Å². The summed E-state index contributed by atoms with van der Waals surface area (Å²) in [7, 11) is 0. The Morgan fingerprint density at radius 2 is 2.08 bits per heavy atom. The third-order valence-corrected chi connectivity index (χ3v) is 5.41. The first-order chi connectivity index (χ1) is 11.5. The lowest BCUT2D eigenvalue weighted by atomic mass is 9.98.